The number of hydrogen-bond donors (Lipinski definition) is 0. The van der Waals surface area contributed by atoms with Crippen molar-refractivity contribution in [1.29, 1.82) is 0 Å². The standard InChI is InChI=1S/C17H21NO5S/c1-22-16(19)14-17(9-5-10-18-17)24(20,21)13-12-23-11-8-15-6-3-2-4-7-15/h2-7,9-10H,8,11-14H2,1H3. The zero-order valence-electron chi connectivity index (χ0n) is 13.6. The lowest BCUT2D eigenvalue weighted by Gasteiger charge is -2.23. The van der Waals surface area contributed by atoms with E-state index in [0.29, 0.717) is 13.0 Å². The minimum Gasteiger partial charge on any atom is -0.469 e. The molecule has 0 bridgehead atoms. The highest BCUT2D eigenvalue weighted by Crippen LogP contribution is 2.29. The average Bonchev–Trinajstić information content (AvgIpc) is 3.05. The molecule has 1 heterocycles. The number of carbonyl (C=O) groups is 1. The molecular formula is C17H21NO5S. The smallest absolute Gasteiger partial charge is 0.309 e. The van der Waals surface area contributed by atoms with Crippen LogP contribution in [0.4, 0.5) is 0 Å². The Morgan fingerprint density at radius 2 is 1.96 bits per heavy atom. The topological polar surface area (TPSA) is 82.0 Å². The van der Waals surface area contributed by atoms with E-state index in [1.54, 1.807) is 0 Å². The number of benzene rings is 1. The van der Waals surface area contributed by atoms with Crippen LogP contribution >= 0.6 is 0 Å². The lowest BCUT2D eigenvalue weighted by Crippen LogP contribution is -2.39. The van der Waals surface area contributed by atoms with Crippen LogP contribution in [0.3, 0.4) is 0 Å². The average molecular weight is 351 g/mol. The van der Waals surface area contributed by atoms with Crippen molar-refractivity contribution < 1.29 is 22.7 Å². The van der Waals surface area contributed by atoms with Crippen LogP contribution in [0.15, 0.2) is 47.5 Å². The Labute approximate surface area is 142 Å². The summed E-state index contributed by atoms with van der Waals surface area (Å²) in [6.07, 6.45) is 4.71. The van der Waals surface area contributed by atoms with E-state index >= 15 is 0 Å². The molecule has 0 saturated heterocycles. The van der Waals surface area contributed by atoms with Crippen molar-refractivity contribution in [2.24, 2.45) is 4.99 Å². The third-order valence-corrected chi connectivity index (χ3v) is 5.94. The predicted octanol–water partition coefficient (Wildman–Crippen LogP) is 1.56. The molecule has 0 fully saturated rings. The van der Waals surface area contributed by atoms with Crippen LogP contribution in [0.2, 0.25) is 0 Å². The van der Waals surface area contributed by atoms with E-state index in [9.17, 15) is 13.2 Å². The number of aliphatic imine (C=N–C) groups is 1. The first-order valence-corrected chi connectivity index (χ1v) is 9.28. The van der Waals surface area contributed by atoms with Gasteiger partial charge in [-0.3, -0.25) is 9.79 Å². The molecule has 0 aliphatic carbocycles. The number of carbonyl (C=O) groups excluding carboxylic acids is 1. The van der Waals surface area contributed by atoms with Crippen LogP contribution < -0.4 is 0 Å². The van der Waals surface area contributed by atoms with Gasteiger partial charge in [-0.2, -0.15) is 0 Å². The Morgan fingerprint density at radius 3 is 2.58 bits per heavy atom. The molecule has 1 aromatic carbocycles. The van der Waals surface area contributed by atoms with Gasteiger partial charge in [0.15, 0.2) is 14.7 Å². The lowest BCUT2D eigenvalue weighted by molar-refractivity contribution is -0.141. The molecule has 0 amide bonds. The summed E-state index contributed by atoms with van der Waals surface area (Å²) in [7, 11) is -2.46. The minimum absolute atomic E-state index is 0.0570. The molecule has 1 aromatic rings. The Hall–Kier alpha value is -1.99. The molecule has 1 aliphatic heterocycles. The summed E-state index contributed by atoms with van der Waals surface area (Å²) >= 11 is 0. The Kier molecular flexibility index (Phi) is 6.28. The van der Waals surface area contributed by atoms with Gasteiger partial charge in [0.1, 0.15) is 0 Å². The number of methoxy groups -OCH3 is 1. The molecule has 0 saturated carbocycles. The third kappa shape index (κ3) is 4.52. The molecule has 0 spiro atoms. The van der Waals surface area contributed by atoms with Crippen LogP contribution in [0.1, 0.15) is 12.0 Å². The molecule has 2 rings (SSSR count). The van der Waals surface area contributed by atoms with Gasteiger partial charge in [0.2, 0.25) is 0 Å². The summed E-state index contributed by atoms with van der Waals surface area (Å²) in [6, 6.07) is 9.81. The largest absolute Gasteiger partial charge is 0.469 e. The fourth-order valence-corrected chi connectivity index (χ4v) is 3.90. The van der Waals surface area contributed by atoms with Gasteiger partial charge >= 0.3 is 5.97 Å². The van der Waals surface area contributed by atoms with Gasteiger partial charge in [-0.05, 0) is 24.1 Å². The number of nitrogens with zero attached hydrogens (tertiary/aromatic N) is 1. The second kappa shape index (κ2) is 8.21. The Balaban J connectivity index is 1.86. The number of hydrogen-bond acceptors (Lipinski definition) is 6. The van der Waals surface area contributed by atoms with E-state index in [-0.39, 0.29) is 18.8 Å². The van der Waals surface area contributed by atoms with E-state index < -0.39 is 20.7 Å². The summed E-state index contributed by atoms with van der Waals surface area (Å²) < 4.78 is 35.2. The van der Waals surface area contributed by atoms with Crippen molar-refractivity contribution in [3.05, 3.63) is 48.0 Å². The van der Waals surface area contributed by atoms with E-state index in [1.807, 2.05) is 30.3 Å². The van der Waals surface area contributed by atoms with E-state index in [0.717, 1.165) is 5.56 Å². The molecule has 0 N–H and O–H groups in total. The predicted molar refractivity (Wildman–Crippen MR) is 91.7 cm³/mol. The third-order valence-electron chi connectivity index (χ3n) is 3.77. The van der Waals surface area contributed by atoms with Crippen LogP contribution in [0, 0.1) is 0 Å². The number of allylic oxidation sites excluding steroid dienone is 1. The maximum absolute atomic E-state index is 12.6. The summed E-state index contributed by atoms with van der Waals surface area (Å²) in [5.41, 5.74) is 1.13. The minimum atomic E-state index is -3.68. The molecule has 1 aliphatic rings. The summed E-state index contributed by atoms with van der Waals surface area (Å²) in [5, 5.41) is 0. The molecule has 130 valence electrons. The molecule has 6 nitrogen and oxygen atoms in total. The van der Waals surface area contributed by atoms with Crippen molar-refractivity contribution in [1.82, 2.24) is 0 Å². The second-order valence-electron chi connectivity index (χ2n) is 5.40. The first kappa shape index (κ1) is 18.4. The van der Waals surface area contributed by atoms with Crippen molar-refractivity contribution in [3.63, 3.8) is 0 Å². The number of esters is 1. The zero-order valence-corrected chi connectivity index (χ0v) is 14.4. The quantitative estimate of drug-likeness (QED) is 0.498. The highest BCUT2D eigenvalue weighted by Gasteiger charge is 2.44. The monoisotopic (exact) mass is 351 g/mol. The SMILES string of the molecule is COC(=O)CC1(S(=O)(=O)CCOCCc2ccccc2)C=CC=N1. The van der Waals surface area contributed by atoms with E-state index in [1.165, 1.54) is 25.5 Å². The molecule has 0 radical (unpaired) electrons. The van der Waals surface area contributed by atoms with Gasteiger partial charge in [0.05, 0.1) is 32.5 Å². The van der Waals surface area contributed by atoms with E-state index in [4.69, 9.17) is 4.74 Å². The molecular weight excluding hydrogens is 330 g/mol. The molecule has 1 unspecified atom stereocenters. The molecule has 1 atom stereocenters. The molecule has 24 heavy (non-hydrogen) atoms. The first-order valence-electron chi connectivity index (χ1n) is 7.63. The highest BCUT2D eigenvalue weighted by molar-refractivity contribution is 7.93. The van der Waals surface area contributed by atoms with Crippen LogP contribution in [0.5, 0.6) is 0 Å². The zero-order chi connectivity index (χ0) is 17.5. The van der Waals surface area contributed by atoms with Gasteiger partial charge < -0.3 is 9.47 Å². The number of ether oxygens (including phenoxy) is 2. The van der Waals surface area contributed by atoms with Gasteiger partial charge in [-0.1, -0.05) is 30.3 Å². The number of rotatable bonds is 9. The number of sulfone groups is 1. The van der Waals surface area contributed by atoms with Crippen LogP contribution in [-0.2, 0) is 30.5 Å². The van der Waals surface area contributed by atoms with Gasteiger partial charge in [0.25, 0.3) is 0 Å². The van der Waals surface area contributed by atoms with Crippen molar-refractivity contribution in [2.75, 3.05) is 26.1 Å². The van der Waals surface area contributed by atoms with Crippen LogP contribution in [0.25, 0.3) is 0 Å². The normalized spacial score (nSPS) is 19.5. The second-order valence-corrected chi connectivity index (χ2v) is 7.75. The van der Waals surface area contributed by atoms with Gasteiger partial charge in [-0.15, -0.1) is 0 Å². The van der Waals surface area contributed by atoms with Gasteiger partial charge in [-0.25, -0.2) is 8.42 Å². The highest BCUT2D eigenvalue weighted by atomic mass is 32.2. The fraction of sp³-hybridized carbons (Fsp3) is 0.412. The first-order chi connectivity index (χ1) is 11.5. The van der Waals surface area contributed by atoms with E-state index in [2.05, 4.69) is 9.73 Å². The fourth-order valence-electron chi connectivity index (χ4n) is 2.37. The van der Waals surface area contributed by atoms with Crippen molar-refractivity contribution in [2.45, 2.75) is 17.7 Å². The summed E-state index contributed by atoms with van der Waals surface area (Å²) in [5.74, 6) is -0.826. The molecule has 7 heteroatoms. The maximum Gasteiger partial charge on any atom is 0.309 e. The Bertz CT molecular complexity index is 698. The summed E-state index contributed by atoms with van der Waals surface area (Å²) in [6.45, 7) is 0.490. The van der Waals surface area contributed by atoms with Crippen molar-refractivity contribution >= 4 is 22.0 Å². The van der Waals surface area contributed by atoms with Gasteiger partial charge in [0, 0.05) is 6.21 Å². The maximum atomic E-state index is 12.6. The van der Waals surface area contributed by atoms with Crippen LogP contribution in [-0.4, -0.2) is 51.5 Å². The van der Waals surface area contributed by atoms with Crippen molar-refractivity contribution in [3.8, 4) is 0 Å². The molecule has 0 aromatic heterocycles. The lowest BCUT2D eigenvalue weighted by atomic mass is 10.2. The Morgan fingerprint density at radius 1 is 1.21 bits per heavy atom. The summed E-state index contributed by atoms with van der Waals surface area (Å²) in [4.78, 5) is 14.0.